The number of dihydropyridines is 1. The van der Waals surface area contributed by atoms with E-state index in [9.17, 15) is 14.7 Å². The van der Waals surface area contributed by atoms with Crippen molar-refractivity contribution in [1.82, 2.24) is 10.2 Å². The monoisotopic (exact) mass is 566 g/mol. The van der Waals surface area contributed by atoms with E-state index in [1.165, 1.54) is 7.11 Å². The molecule has 0 amide bonds. The Bertz CT molecular complexity index is 1260. The average Bonchev–Trinajstić information content (AvgIpc) is 2.84. The number of carbonyl (C=O) groups excluding carboxylic acids is 2. The molecule has 0 aromatic heterocycles. The summed E-state index contributed by atoms with van der Waals surface area (Å²) in [5, 5.41) is 14.5. The van der Waals surface area contributed by atoms with Gasteiger partial charge in [0, 0.05) is 36.0 Å². The van der Waals surface area contributed by atoms with Gasteiger partial charge in [-0.1, -0.05) is 53.5 Å². The van der Waals surface area contributed by atoms with Gasteiger partial charge in [-0.25, -0.2) is 4.79 Å². The number of aliphatic hydroxyl groups excluding tert-OH is 1. The van der Waals surface area contributed by atoms with Gasteiger partial charge in [0.25, 0.3) is 0 Å². The van der Waals surface area contributed by atoms with Crippen LogP contribution in [-0.2, 0) is 14.3 Å². The number of hydrogen-bond acceptors (Lipinski definition) is 7. The van der Waals surface area contributed by atoms with E-state index in [2.05, 4.69) is 5.32 Å². The van der Waals surface area contributed by atoms with Crippen LogP contribution < -0.4 is 10.1 Å². The predicted octanol–water partition coefficient (Wildman–Crippen LogP) is 4.44. The highest BCUT2D eigenvalue weighted by Crippen LogP contribution is 2.41. The van der Waals surface area contributed by atoms with Gasteiger partial charge in [0.1, 0.15) is 23.5 Å². The largest absolute Gasteiger partial charge is 0.489 e. The number of halogens is 3. The zero-order valence-electron chi connectivity index (χ0n) is 20.7. The maximum absolute atomic E-state index is 13.5. The third-order valence-electron chi connectivity index (χ3n) is 6.42. The molecule has 10 heteroatoms. The van der Waals surface area contributed by atoms with Crippen molar-refractivity contribution >= 4 is 47.4 Å². The van der Waals surface area contributed by atoms with E-state index in [0.29, 0.717) is 34.2 Å². The standard InChI is InChI=1S/C27H28Cl2N2O5.ClH/c1-15-7-4-5-8-18(15)24-23(27(34)35-3)16(2)30-20-12-31(13-21(33)25(20)24)11-17(32)14-36-22-10-6-9-19(28)26(22)29;/h4-10,17,24,30,32H,11-14H2,1-3H3;1H. The minimum atomic E-state index is -0.868. The van der Waals surface area contributed by atoms with Gasteiger partial charge in [-0.15, -0.1) is 12.4 Å². The van der Waals surface area contributed by atoms with E-state index < -0.39 is 18.0 Å². The highest BCUT2D eigenvalue weighted by molar-refractivity contribution is 6.42. The summed E-state index contributed by atoms with van der Waals surface area (Å²) in [7, 11) is 1.34. The van der Waals surface area contributed by atoms with E-state index in [0.717, 1.165) is 16.8 Å². The number of carbonyl (C=O) groups is 2. The van der Waals surface area contributed by atoms with Gasteiger partial charge >= 0.3 is 5.97 Å². The van der Waals surface area contributed by atoms with Gasteiger partial charge in [0.15, 0.2) is 5.78 Å². The Kier molecular flexibility index (Phi) is 9.67. The second-order valence-electron chi connectivity index (χ2n) is 8.95. The first-order valence-electron chi connectivity index (χ1n) is 11.6. The molecule has 2 unspecified atom stereocenters. The van der Waals surface area contributed by atoms with Crippen LogP contribution in [0.5, 0.6) is 5.75 Å². The SMILES string of the molecule is COC(=O)C1=C(C)NC2=C(C(=O)CN(CC(O)COc3cccc(Cl)c3Cl)C2)C1c1ccccc1C.Cl. The lowest BCUT2D eigenvalue weighted by Gasteiger charge is -2.38. The van der Waals surface area contributed by atoms with Gasteiger partial charge < -0.3 is 19.9 Å². The van der Waals surface area contributed by atoms with Crippen LogP contribution in [0.3, 0.4) is 0 Å². The normalized spacial score (nSPS) is 18.5. The highest BCUT2D eigenvalue weighted by atomic mass is 35.5. The number of hydrogen-bond donors (Lipinski definition) is 2. The van der Waals surface area contributed by atoms with Gasteiger partial charge in [-0.05, 0) is 37.1 Å². The molecule has 2 N–H and O–H groups in total. The summed E-state index contributed by atoms with van der Waals surface area (Å²) in [5.74, 6) is -0.726. The number of rotatable bonds is 7. The molecule has 198 valence electrons. The lowest BCUT2D eigenvalue weighted by Crippen LogP contribution is -2.48. The first kappa shape index (κ1) is 29.0. The molecule has 0 saturated carbocycles. The number of methoxy groups -OCH3 is 1. The molecule has 2 aromatic carbocycles. The summed E-state index contributed by atoms with van der Waals surface area (Å²) in [4.78, 5) is 28.1. The number of aliphatic hydroxyl groups is 1. The molecule has 2 aliphatic heterocycles. The maximum Gasteiger partial charge on any atom is 0.336 e. The fraction of sp³-hybridized carbons (Fsp3) is 0.333. The van der Waals surface area contributed by atoms with Crippen LogP contribution in [0, 0.1) is 6.92 Å². The minimum absolute atomic E-state index is 0. The smallest absolute Gasteiger partial charge is 0.336 e. The number of Topliss-reactive ketones (excluding diaryl/α,β-unsaturated/α-hetero) is 1. The number of ether oxygens (including phenoxy) is 2. The minimum Gasteiger partial charge on any atom is -0.489 e. The summed E-state index contributed by atoms with van der Waals surface area (Å²) in [5.41, 5.74) is 4.22. The second-order valence-corrected chi connectivity index (χ2v) is 9.73. The van der Waals surface area contributed by atoms with Crippen LogP contribution >= 0.6 is 35.6 Å². The molecule has 2 aromatic rings. The predicted molar refractivity (Wildman–Crippen MR) is 145 cm³/mol. The first-order chi connectivity index (χ1) is 17.2. The van der Waals surface area contributed by atoms with Gasteiger partial charge in [0.2, 0.25) is 0 Å². The number of ketones is 1. The number of nitrogens with zero attached hydrogens (tertiary/aromatic N) is 1. The molecule has 4 rings (SSSR count). The van der Waals surface area contributed by atoms with Crippen LogP contribution in [0.15, 0.2) is 65.0 Å². The van der Waals surface area contributed by atoms with Crippen molar-refractivity contribution in [3.8, 4) is 5.75 Å². The number of nitrogens with one attached hydrogen (secondary N) is 1. The highest BCUT2D eigenvalue weighted by Gasteiger charge is 2.41. The van der Waals surface area contributed by atoms with Crippen molar-refractivity contribution in [1.29, 1.82) is 0 Å². The summed E-state index contributed by atoms with van der Waals surface area (Å²) >= 11 is 12.2. The zero-order valence-corrected chi connectivity index (χ0v) is 23.0. The number of allylic oxidation sites excluding steroid dienone is 1. The van der Waals surface area contributed by atoms with Crippen LogP contribution in [0.4, 0.5) is 0 Å². The lowest BCUT2D eigenvalue weighted by molar-refractivity contribution is -0.136. The molecular formula is C27H29Cl3N2O5. The summed E-state index contributed by atoms with van der Waals surface area (Å²) in [6, 6.07) is 12.8. The third-order valence-corrected chi connectivity index (χ3v) is 7.22. The van der Waals surface area contributed by atoms with Crippen LogP contribution in [0.25, 0.3) is 0 Å². The molecule has 0 spiro atoms. The van der Waals surface area contributed by atoms with Crippen molar-refractivity contribution < 1.29 is 24.2 Å². The van der Waals surface area contributed by atoms with Crippen LogP contribution in [-0.4, -0.2) is 61.2 Å². The number of esters is 1. The summed E-state index contributed by atoms with van der Waals surface area (Å²) < 4.78 is 10.7. The Labute approximate surface area is 232 Å². The topological polar surface area (TPSA) is 88.1 Å². The molecule has 37 heavy (non-hydrogen) atoms. The molecule has 0 radical (unpaired) electrons. The fourth-order valence-corrected chi connectivity index (χ4v) is 5.13. The summed E-state index contributed by atoms with van der Waals surface area (Å²) in [6.45, 7) is 4.48. The van der Waals surface area contributed by atoms with Crippen molar-refractivity contribution in [2.45, 2.75) is 25.9 Å². The molecule has 0 fully saturated rings. The summed E-state index contributed by atoms with van der Waals surface area (Å²) in [6.07, 6.45) is -0.868. The van der Waals surface area contributed by atoms with Crippen molar-refractivity contribution in [2.24, 2.45) is 0 Å². The van der Waals surface area contributed by atoms with E-state index in [1.807, 2.05) is 43.0 Å². The fourth-order valence-electron chi connectivity index (χ4n) is 4.78. The lowest BCUT2D eigenvalue weighted by atomic mass is 9.76. The molecular weight excluding hydrogens is 539 g/mol. The van der Waals surface area contributed by atoms with Gasteiger partial charge in [-0.3, -0.25) is 9.69 Å². The zero-order chi connectivity index (χ0) is 26.0. The van der Waals surface area contributed by atoms with Gasteiger partial charge in [-0.2, -0.15) is 0 Å². The molecule has 0 bridgehead atoms. The molecule has 2 heterocycles. The van der Waals surface area contributed by atoms with Crippen molar-refractivity contribution in [3.05, 3.63) is 86.2 Å². The Morgan fingerprint density at radius 3 is 2.59 bits per heavy atom. The average molecular weight is 568 g/mol. The Hall–Kier alpha value is -2.55. The quantitative estimate of drug-likeness (QED) is 0.479. The van der Waals surface area contributed by atoms with Crippen LogP contribution in [0.1, 0.15) is 24.0 Å². The molecule has 7 nitrogen and oxygen atoms in total. The van der Waals surface area contributed by atoms with E-state index in [1.54, 1.807) is 18.2 Å². The third kappa shape index (κ3) is 6.13. The van der Waals surface area contributed by atoms with Crippen molar-refractivity contribution in [3.63, 3.8) is 0 Å². The molecule has 0 aliphatic carbocycles. The van der Waals surface area contributed by atoms with E-state index >= 15 is 0 Å². The van der Waals surface area contributed by atoms with Crippen LogP contribution in [0.2, 0.25) is 10.0 Å². The first-order valence-corrected chi connectivity index (χ1v) is 12.3. The number of β-amino-alcohol motifs (C(OH)–C–C–N with tert-alkyl or cyclic N) is 1. The Morgan fingerprint density at radius 2 is 1.89 bits per heavy atom. The molecule has 0 saturated heterocycles. The molecule has 2 atom stereocenters. The number of aryl methyl sites for hydroxylation is 1. The van der Waals surface area contributed by atoms with Crippen molar-refractivity contribution in [2.75, 3.05) is 33.4 Å². The second kappa shape index (κ2) is 12.3. The Morgan fingerprint density at radius 1 is 1.16 bits per heavy atom. The molecule has 2 aliphatic rings. The van der Waals surface area contributed by atoms with E-state index in [4.69, 9.17) is 32.7 Å². The maximum atomic E-state index is 13.5. The van der Waals surface area contributed by atoms with Gasteiger partial charge in [0.05, 0.1) is 24.3 Å². The van der Waals surface area contributed by atoms with E-state index in [-0.39, 0.29) is 42.9 Å². The number of benzene rings is 2. The Balaban J connectivity index is 0.00000380.